The third kappa shape index (κ3) is 6.95. The van der Waals surface area contributed by atoms with E-state index in [0.29, 0.717) is 5.41 Å². The van der Waals surface area contributed by atoms with Gasteiger partial charge in [-0.05, 0) is 31.1 Å². The molecule has 2 unspecified atom stereocenters. The van der Waals surface area contributed by atoms with E-state index in [0.717, 1.165) is 19.3 Å². The molecule has 0 aromatic carbocycles. The van der Waals surface area contributed by atoms with Crippen molar-refractivity contribution in [1.82, 2.24) is 0 Å². The molecule has 0 saturated heterocycles. The van der Waals surface area contributed by atoms with Crippen LogP contribution in [0.15, 0.2) is 0 Å². The highest BCUT2D eigenvalue weighted by atomic mass is 35.5. The summed E-state index contributed by atoms with van der Waals surface area (Å²) in [6.07, 6.45) is 5.50. The van der Waals surface area contributed by atoms with E-state index in [1.165, 1.54) is 12.8 Å². The first-order valence-electron chi connectivity index (χ1n) is 5.69. The van der Waals surface area contributed by atoms with E-state index in [-0.39, 0.29) is 10.8 Å². The zero-order valence-electron chi connectivity index (χ0n) is 9.95. The van der Waals surface area contributed by atoms with Gasteiger partial charge in [0, 0.05) is 10.8 Å². The van der Waals surface area contributed by atoms with Crippen LogP contribution in [0.1, 0.15) is 59.8 Å². The van der Waals surface area contributed by atoms with E-state index in [4.69, 9.17) is 23.2 Å². The molecule has 0 amide bonds. The second kappa shape index (κ2) is 6.95. The van der Waals surface area contributed by atoms with Crippen LogP contribution in [-0.2, 0) is 0 Å². The molecule has 0 aromatic rings. The van der Waals surface area contributed by atoms with Crippen molar-refractivity contribution in [2.24, 2.45) is 5.41 Å². The first-order chi connectivity index (χ1) is 6.41. The fourth-order valence-corrected chi connectivity index (χ4v) is 2.85. The highest BCUT2D eigenvalue weighted by molar-refractivity contribution is 6.23. The van der Waals surface area contributed by atoms with E-state index in [9.17, 15) is 0 Å². The van der Waals surface area contributed by atoms with E-state index in [1.54, 1.807) is 0 Å². The molecule has 0 rings (SSSR count). The minimum absolute atomic E-state index is 0.235. The molecule has 86 valence electrons. The molecule has 0 fully saturated rings. The summed E-state index contributed by atoms with van der Waals surface area (Å²) in [4.78, 5) is 0. The summed E-state index contributed by atoms with van der Waals surface area (Å²) in [7, 11) is 0. The lowest BCUT2D eigenvalue weighted by Gasteiger charge is -2.27. The highest BCUT2D eigenvalue weighted by Gasteiger charge is 2.22. The minimum atomic E-state index is 0.235. The van der Waals surface area contributed by atoms with Crippen molar-refractivity contribution in [3.63, 3.8) is 0 Å². The molecule has 0 aliphatic rings. The van der Waals surface area contributed by atoms with Crippen molar-refractivity contribution >= 4 is 23.2 Å². The second-order valence-electron chi connectivity index (χ2n) is 4.96. The van der Waals surface area contributed by atoms with Crippen LogP contribution in [-0.4, -0.2) is 10.8 Å². The van der Waals surface area contributed by atoms with Gasteiger partial charge in [-0.3, -0.25) is 0 Å². The van der Waals surface area contributed by atoms with Crippen LogP contribution in [0.2, 0.25) is 0 Å². The van der Waals surface area contributed by atoms with Crippen molar-refractivity contribution < 1.29 is 0 Å². The van der Waals surface area contributed by atoms with Gasteiger partial charge in [0.1, 0.15) is 0 Å². The fraction of sp³-hybridized carbons (Fsp3) is 1.00. The molecular weight excluding hydrogens is 215 g/mol. The summed E-state index contributed by atoms with van der Waals surface area (Å²) in [5.74, 6) is 0. The Bertz CT molecular complexity index is 143. The number of halogens is 2. The molecule has 0 spiro atoms. The Hall–Kier alpha value is 0.580. The molecule has 0 heterocycles. The van der Waals surface area contributed by atoms with Gasteiger partial charge in [0.25, 0.3) is 0 Å². The van der Waals surface area contributed by atoms with Crippen LogP contribution in [0.5, 0.6) is 0 Å². The summed E-state index contributed by atoms with van der Waals surface area (Å²) in [6.45, 7) is 8.92. The Balaban J connectivity index is 3.85. The predicted molar refractivity (Wildman–Crippen MR) is 67.5 cm³/mol. The van der Waals surface area contributed by atoms with Crippen molar-refractivity contribution in [2.45, 2.75) is 70.6 Å². The van der Waals surface area contributed by atoms with Crippen LogP contribution in [0.3, 0.4) is 0 Å². The largest absolute Gasteiger partial charge is 0.123 e. The Morgan fingerprint density at radius 2 is 1.64 bits per heavy atom. The molecule has 0 aliphatic heterocycles. The molecule has 0 radical (unpaired) electrons. The van der Waals surface area contributed by atoms with Gasteiger partial charge in [-0.1, -0.05) is 34.1 Å². The molecule has 0 bridgehead atoms. The SMILES string of the molecule is CCCC(C)(C)CC(Cl)CC(Cl)CC. The van der Waals surface area contributed by atoms with Crippen LogP contribution in [0, 0.1) is 5.41 Å². The van der Waals surface area contributed by atoms with Gasteiger partial charge in [-0.25, -0.2) is 0 Å². The van der Waals surface area contributed by atoms with Crippen molar-refractivity contribution in [2.75, 3.05) is 0 Å². The molecule has 2 heteroatoms. The quantitative estimate of drug-likeness (QED) is 0.534. The summed E-state index contributed by atoms with van der Waals surface area (Å²) in [5.41, 5.74) is 0.367. The van der Waals surface area contributed by atoms with Gasteiger partial charge in [0.2, 0.25) is 0 Å². The van der Waals surface area contributed by atoms with Crippen LogP contribution in [0.4, 0.5) is 0 Å². The molecule has 0 nitrogen and oxygen atoms in total. The number of hydrogen-bond acceptors (Lipinski definition) is 0. The molecule has 0 N–H and O–H groups in total. The van der Waals surface area contributed by atoms with E-state index >= 15 is 0 Å². The average Bonchev–Trinajstić information content (AvgIpc) is 2.02. The summed E-state index contributed by atoms with van der Waals surface area (Å²) in [6, 6.07) is 0. The van der Waals surface area contributed by atoms with Crippen LogP contribution < -0.4 is 0 Å². The zero-order valence-corrected chi connectivity index (χ0v) is 11.5. The molecule has 2 atom stereocenters. The lowest BCUT2D eigenvalue weighted by atomic mass is 9.82. The maximum atomic E-state index is 6.29. The maximum absolute atomic E-state index is 6.29. The predicted octanol–water partition coefficient (Wildman–Crippen LogP) is 5.22. The Kier molecular flexibility index (Phi) is 7.24. The highest BCUT2D eigenvalue weighted by Crippen LogP contribution is 2.32. The smallest absolute Gasteiger partial charge is 0.0355 e. The van der Waals surface area contributed by atoms with Gasteiger partial charge in [-0.15, -0.1) is 23.2 Å². The average molecular weight is 239 g/mol. The van der Waals surface area contributed by atoms with Gasteiger partial charge >= 0.3 is 0 Å². The first kappa shape index (κ1) is 14.6. The zero-order chi connectivity index (χ0) is 11.2. The normalized spacial score (nSPS) is 16.7. The van der Waals surface area contributed by atoms with Crippen molar-refractivity contribution in [3.05, 3.63) is 0 Å². The lowest BCUT2D eigenvalue weighted by molar-refractivity contribution is 0.295. The Morgan fingerprint density at radius 1 is 1.07 bits per heavy atom. The van der Waals surface area contributed by atoms with Crippen molar-refractivity contribution in [1.29, 1.82) is 0 Å². The summed E-state index contributed by atoms with van der Waals surface area (Å²) in [5, 5.41) is 0.480. The molecule has 14 heavy (non-hydrogen) atoms. The third-order valence-corrected chi connectivity index (χ3v) is 3.47. The van der Waals surface area contributed by atoms with Gasteiger partial charge < -0.3 is 0 Å². The minimum Gasteiger partial charge on any atom is -0.123 e. The Morgan fingerprint density at radius 3 is 2.07 bits per heavy atom. The van der Waals surface area contributed by atoms with Crippen LogP contribution >= 0.6 is 23.2 Å². The summed E-state index contributed by atoms with van der Waals surface area (Å²) >= 11 is 12.4. The van der Waals surface area contributed by atoms with Crippen LogP contribution in [0.25, 0.3) is 0 Å². The van der Waals surface area contributed by atoms with E-state index in [2.05, 4.69) is 27.7 Å². The second-order valence-corrected chi connectivity index (χ2v) is 6.19. The van der Waals surface area contributed by atoms with Gasteiger partial charge in [0.15, 0.2) is 0 Å². The molecule has 0 aliphatic carbocycles. The lowest BCUT2D eigenvalue weighted by Crippen LogP contribution is -2.19. The van der Waals surface area contributed by atoms with Gasteiger partial charge in [-0.2, -0.15) is 0 Å². The summed E-state index contributed by atoms with van der Waals surface area (Å²) < 4.78 is 0. The topological polar surface area (TPSA) is 0 Å². The Labute approximate surface area is 99.4 Å². The number of alkyl halides is 2. The number of hydrogen-bond donors (Lipinski definition) is 0. The molecule has 0 saturated carbocycles. The maximum Gasteiger partial charge on any atom is 0.0355 e. The van der Waals surface area contributed by atoms with Gasteiger partial charge in [0.05, 0.1) is 0 Å². The standard InChI is InChI=1S/C12H24Cl2/c1-5-7-12(3,4)9-11(14)8-10(13)6-2/h10-11H,5-9H2,1-4H3. The first-order valence-corrected chi connectivity index (χ1v) is 6.56. The fourth-order valence-electron chi connectivity index (χ4n) is 1.91. The van der Waals surface area contributed by atoms with Crippen molar-refractivity contribution in [3.8, 4) is 0 Å². The molecular formula is C12H24Cl2. The monoisotopic (exact) mass is 238 g/mol. The van der Waals surface area contributed by atoms with E-state index < -0.39 is 0 Å². The number of rotatable bonds is 7. The third-order valence-electron chi connectivity index (χ3n) is 2.66. The van der Waals surface area contributed by atoms with E-state index in [1.807, 2.05) is 0 Å². The molecule has 0 aromatic heterocycles.